The first-order valence-electron chi connectivity index (χ1n) is 10.5. The summed E-state index contributed by atoms with van der Waals surface area (Å²) < 4.78 is 91.1. The number of carbonyl (C=O) groups is 1. The fourth-order valence-electron chi connectivity index (χ4n) is 1.34. The SMILES string of the molecule is [2H]c1c([2H])c(C([2H])([2H])CNC(=O)C([2H])([2H])[2H])c2c([2H])c(OC)c([2H])c([2H])c2c1[2H]. The van der Waals surface area contributed by atoms with Crippen LogP contribution < -0.4 is 10.1 Å². The van der Waals surface area contributed by atoms with E-state index in [2.05, 4.69) is 0 Å². The Morgan fingerprint density at radius 2 is 2.39 bits per heavy atom. The van der Waals surface area contributed by atoms with Crippen LogP contribution in [0.4, 0.5) is 0 Å². The molecule has 2 rings (SSSR count). The second kappa shape index (κ2) is 5.54. The Morgan fingerprint density at radius 1 is 1.50 bits per heavy atom. The molecule has 0 aliphatic carbocycles. The van der Waals surface area contributed by atoms with E-state index >= 15 is 0 Å². The Hall–Kier alpha value is -2.03. The van der Waals surface area contributed by atoms with Gasteiger partial charge in [-0.2, -0.15) is 0 Å². The van der Waals surface area contributed by atoms with E-state index in [1.54, 1.807) is 0 Å². The Labute approximate surface area is 122 Å². The van der Waals surface area contributed by atoms with Gasteiger partial charge in [0.2, 0.25) is 5.91 Å². The van der Waals surface area contributed by atoms with Crippen LogP contribution in [-0.2, 0) is 11.2 Å². The molecule has 0 radical (unpaired) electrons. The number of benzene rings is 2. The van der Waals surface area contributed by atoms with Gasteiger partial charge in [-0.15, -0.1) is 0 Å². The first kappa shape index (κ1) is 4.57. The van der Waals surface area contributed by atoms with Crippen molar-refractivity contribution in [1.82, 2.24) is 5.32 Å². The molecule has 0 heterocycles. The zero-order valence-electron chi connectivity index (χ0n) is 20.5. The summed E-state index contributed by atoms with van der Waals surface area (Å²) >= 11 is 0. The second-order valence-corrected chi connectivity index (χ2v) is 3.27. The zero-order valence-corrected chi connectivity index (χ0v) is 9.52. The fraction of sp³-hybridized carbons (Fsp3) is 0.267. The minimum atomic E-state index is -3.02. The summed E-state index contributed by atoms with van der Waals surface area (Å²) in [6, 6.07) is -3.75. The van der Waals surface area contributed by atoms with Gasteiger partial charge in [0.25, 0.3) is 0 Å². The Bertz CT molecular complexity index is 1000. The quantitative estimate of drug-likeness (QED) is 0.910. The normalized spacial score (nSPS) is 20.6. The Kier molecular flexibility index (Phi) is 1.41. The van der Waals surface area contributed by atoms with Crippen molar-refractivity contribution in [1.29, 1.82) is 0 Å². The van der Waals surface area contributed by atoms with Crippen molar-refractivity contribution in [3.63, 3.8) is 0 Å². The van der Waals surface area contributed by atoms with Crippen LogP contribution in [0.1, 0.15) is 27.5 Å². The maximum absolute atomic E-state index is 11.6. The van der Waals surface area contributed by atoms with Crippen molar-refractivity contribution < 1.29 is 24.6 Å². The molecule has 94 valence electrons. The van der Waals surface area contributed by atoms with Crippen molar-refractivity contribution in [3.05, 3.63) is 41.8 Å². The number of rotatable bonds is 4. The van der Waals surface area contributed by atoms with Gasteiger partial charge in [-0.3, -0.25) is 4.79 Å². The van der Waals surface area contributed by atoms with Gasteiger partial charge in [0.15, 0.2) is 0 Å². The van der Waals surface area contributed by atoms with Crippen molar-refractivity contribution in [2.24, 2.45) is 0 Å². The molecule has 1 amide bonds. The molecule has 0 aliphatic rings. The molecule has 2 aromatic rings. The van der Waals surface area contributed by atoms with Crippen LogP contribution in [0.25, 0.3) is 10.8 Å². The van der Waals surface area contributed by atoms with Gasteiger partial charge < -0.3 is 10.1 Å². The van der Waals surface area contributed by atoms with E-state index in [1.165, 1.54) is 0 Å². The molecule has 3 heteroatoms. The molecule has 0 aliphatic heterocycles. The molecule has 1 N–H and O–H groups in total. The summed E-state index contributed by atoms with van der Waals surface area (Å²) in [6.07, 6.45) is -2.63. The Balaban J connectivity index is 2.85. The Morgan fingerprint density at radius 3 is 3.17 bits per heavy atom. The van der Waals surface area contributed by atoms with E-state index in [4.69, 9.17) is 19.8 Å². The highest BCUT2D eigenvalue weighted by Gasteiger charge is 2.03. The summed E-state index contributed by atoms with van der Waals surface area (Å²) in [7, 11) is 1.14. The van der Waals surface area contributed by atoms with Crippen molar-refractivity contribution in [3.8, 4) is 5.75 Å². The minimum absolute atomic E-state index is 0.372. The summed E-state index contributed by atoms with van der Waals surface area (Å²) in [5, 5.41) is 1.17. The molecular formula is C15H17NO2. The number of ether oxygens (including phenoxy) is 1. The van der Waals surface area contributed by atoms with E-state index in [0.29, 0.717) is 0 Å². The topological polar surface area (TPSA) is 38.3 Å². The van der Waals surface area contributed by atoms with Gasteiger partial charge in [0, 0.05) is 20.3 Å². The van der Waals surface area contributed by atoms with Crippen LogP contribution in [0, 0.1) is 0 Å². The minimum Gasteiger partial charge on any atom is -0.497 e. The van der Waals surface area contributed by atoms with Crippen LogP contribution >= 0.6 is 0 Å². The lowest BCUT2D eigenvalue weighted by Crippen LogP contribution is -2.22. The zero-order chi connectivity index (χ0) is 22.5. The number of nitrogens with one attached hydrogen (secondary N) is 1. The second-order valence-electron chi connectivity index (χ2n) is 3.27. The summed E-state index contributed by atoms with van der Waals surface area (Å²) in [5.41, 5.74) is -0.573. The molecule has 0 saturated heterocycles. The van der Waals surface area contributed by atoms with Gasteiger partial charge in [0.05, 0.1) is 15.3 Å². The highest BCUT2D eigenvalue weighted by atomic mass is 16.5. The number of hydrogen-bond donors (Lipinski definition) is 1. The predicted octanol–water partition coefficient (Wildman–Crippen LogP) is 2.53. The number of fused-ring (bicyclic) bond motifs is 1. The van der Waals surface area contributed by atoms with Crippen LogP contribution in [0.5, 0.6) is 5.75 Å². The molecule has 0 fully saturated rings. The van der Waals surface area contributed by atoms with Gasteiger partial charge in [-0.25, -0.2) is 0 Å². The van der Waals surface area contributed by atoms with E-state index < -0.39 is 67.5 Å². The number of methoxy groups -OCH3 is 1. The fourth-order valence-corrected chi connectivity index (χ4v) is 1.34. The van der Waals surface area contributed by atoms with Gasteiger partial charge in [0.1, 0.15) is 5.75 Å². The summed E-state index contributed by atoms with van der Waals surface area (Å²) in [4.78, 5) is 11.6. The number of amides is 1. The van der Waals surface area contributed by atoms with Crippen molar-refractivity contribution in [2.45, 2.75) is 13.2 Å². The third kappa shape index (κ3) is 2.80. The predicted molar refractivity (Wildman–Crippen MR) is 72.9 cm³/mol. The third-order valence-corrected chi connectivity index (χ3v) is 2.13. The summed E-state index contributed by atoms with van der Waals surface area (Å²) in [5.74, 6) is -1.79. The third-order valence-electron chi connectivity index (χ3n) is 2.13. The first-order valence-corrected chi connectivity index (χ1v) is 5.02. The maximum atomic E-state index is 11.6. The molecule has 2 aromatic carbocycles. The van der Waals surface area contributed by atoms with Crippen LogP contribution in [-0.4, -0.2) is 19.6 Å². The standard InChI is InChI=1S/C15H17NO2/c1-11(17)16-9-8-13-5-3-4-12-6-7-14(18-2)10-15(12)13/h3-7,10H,8-9H2,1-2H3,(H,16,17)/i1D3,3D,4D,5D,6D,7D,8D2,10D. The molecule has 0 spiro atoms. The van der Waals surface area contributed by atoms with Crippen molar-refractivity contribution >= 4 is 16.7 Å². The van der Waals surface area contributed by atoms with Crippen molar-refractivity contribution in [2.75, 3.05) is 13.7 Å². The lowest BCUT2D eigenvalue weighted by atomic mass is 10.0. The van der Waals surface area contributed by atoms with Gasteiger partial charge >= 0.3 is 0 Å². The molecule has 0 aromatic heterocycles. The van der Waals surface area contributed by atoms with Crippen LogP contribution in [0.15, 0.2) is 36.3 Å². The molecule has 0 bridgehead atoms. The first-order chi connectivity index (χ1) is 13.2. The average Bonchev–Trinajstić information content (AvgIpc) is 2.61. The van der Waals surface area contributed by atoms with Crippen LogP contribution in [0.2, 0.25) is 0 Å². The summed E-state index contributed by atoms with van der Waals surface area (Å²) in [6.45, 7) is -3.91. The molecule has 0 saturated carbocycles. The van der Waals surface area contributed by atoms with E-state index in [-0.39, 0.29) is 16.5 Å². The highest BCUT2D eigenvalue weighted by Crippen LogP contribution is 2.24. The number of carbonyl (C=O) groups excluding carboxylic acids is 1. The van der Waals surface area contributed by atoms with Gasteiger partial charge in [-0.05, 0) is 34.8 Å². The lowest BCUT2D eigenvalue weighted by Gasteiger charge is -2.08. The smallest absolute Gasteiger partial charge is 0.216 e. The van der Waals surface area contributed by atoms with Crippen LogP contribution in [0.3, 0.4) is 0 Å². The monoisotopic (exact) mass is 254 g/mol. The van der Waals surface area contributed by atoms with E-state index in [1.807, 2.05) is 5.32 Å². The van der Waals surface area contributed by atoms with Gasteiger partial charge in [-0.1, -0.05) is 24.2 Å². The largest absolute Gasteiger partial charge is 0.497 e. The maximum Gasteiger partial charge on any atom is 0.216 e. The molecule has 18 heavy (non-hydrogen) atoms. The average molecular weight is 254 g/mol. The van der Waals surface area contributed by atoms with E-state index in [9.17, 15) is 4.79 Å². The number of hydrogen-bond acceptors (Lipinski definition) is 2. The lowest BCUT2D eigenvalue weighted by molar-refractivity contribution is -0.118. The highest BCUT2D eigenvalue weighted by molar-refractivity contribution is 5.87. The molecule has 0 unspecified atom stereocenters. The molecule has 3 nitrogen and oxygen atoms in total. The molecule has 0 atom stereocenters. The van der Waals surface area contributed by atoms with E-state index in [0.717, 1.165) is 7.11 Å². The molecular weight excluding hydrogens is 226 g/mol.